The summed E-state index contributed by atoms with van der Waals surface area (Å²) in [5.41, 5.74) is 0.704. The highest BCUT2D eigenvalue weighted by atomic mass is 35.5. The van der Waals surface area contributed by atoms with Gasteiger partial charge >= 0.3 is 0 Å². The van der Waals surface area contributed by atoms with Crippen LogP contribution >= 0.6 is 11.6 Å². The second-order valence-corrected chi connectivity index (χ2v) is 4.22. The average molecular weight is 228 g/mol. The van der Waals surface area contributed by atoms with Crippen LogP contribution in [-0.4, -0.2) is 16.3 Å². The number of hydrogen-bond acceptors (Lipinski definition) is 2. The second-order valence-electron chi connectivity index (χ2n) is 3.70. The molecule has 0 aromatic rings. The lowest BCUT2D eigenvalue weighted by Gasteiger charge is -2.09. The first-order valence-electron chi connectivity index (χ1n) is 5.49. The van der Waals surface area contributed by atoms with E-state index in [1.54, 1.807) is 0 Å². The van der Waals surface area contributed by atoms with E-state index < -0.39 is 0 Å². The first-order chi connectivity index (χ1) is 7.34. The van der Waals surface area contributed by atoms with E-state index in [0.29, 0.717) is 5.71 Å². The number of nitrogens with zero attached hydrogens (tertiary/aromatic N) is 1. The van der Waals surface area contributed by atoms with E-state index in [0.717, 1.165) is 38.5 Å². The van der Waals surface area contributed by atoms with Gasteiger partial charge in [0, 0.05) is 0 Å². The van der Waals surface area contributed by atoms with Crippen LogP contribution in [0.25, 0.3) is 0 Å². The Balaban J connectivity index is 2.55. The van der Waals surface area contributed by atoms with Crippen LogP contribution in [0.3, 0.4) is 0 Å². The van der Waals surface area contributed by atoms with Crippen molar-refractivity contribution in [1.29, 1.82) is 0 Å². The summed E-state index contributed by atoms with van der Waals surface area (Å²) in [5, 5.41) is 12.0. The molecule has 1 aliphatic rings. The van der Waals surface area contributed by atoms with E-state index in [1.807, 2.05) is 0 Å². The Morgan fingerprint density at radius 2 is 1.67 bits per heavy atom. The summed E-state index contributed by atoms with van der Waals surface area (Å²) in [6.07, 6.45) is 14.3. The minimum Gasteiger partial charge on any atom is -0.411 e. The Hall–Kier alpha value is -0.760. The number of oxime groups is 1. The molecule has 0 aliphatic heterocycles. The molecule has 1 atom stereocenters. The predicted octanol–water partition coefficient (Wildman–Crippen LogP) is 3.89. The Bertz CT molecular complexity index is 258. The molecule has 0 aromatic heterocycles. The molecule has 1 N–H and O–H groups in total. The standard InChI is InChI=1S/C12H18ClNO/c13-11-9-7-5-3-1-2-4-6-8-10-12(11)14-15/h3-6,11,15H,1-2,7-10H2/b5-3+,6-4+,14-12+. The van der Waals surface area contributed by atoms with Gasteiger partial charge in [-0.25, -0.2) is 0 Å². The van der Waals surface area contributed by atoms with Crippen LogP contribution in [0.4, 0.5) is 0 Å². The molecule has 0 spiro atoms. The minimum absolute atomic E-state index is 0.132. The summed E-state index contributed by atoms with van der Waals surface area (Å²) >= 11 is 6.13. The molecule has 0 radical (unpaired) electrons. The van der Waals surface area contributed by atoms with Gasteiger partial charge in [-0.1, -0.05) is 29.5 Å². The molecular weight excluding hydrogens is 210 g/mol. The van der Waals surface area contributed by atoms with Crippen LogP contribution in [0.5, 0.6) is 0 Å². The number of allylic oxidation sites excluding steroid dienone is 4. The first kappa shape index (κ1) is 12.3. The molecule has 0 saturated heterocycles. The maximum atomic E-state index is 8.83. The summed E-state index contributed by atoms with van der Waals surface area (Å²) < 4.78 is 0. The largest absolute Gasteiger partial charge is 0.411 e. The van der Waals surface area contributed by atoms with Crippen LogP contribution < -0.4 is 0 Å². The fourth-order valence-electron chi connectivity index (χ4n) is 1.57. The van der Waals surface area contributed by atoms with Crippen molar-refractivity contribution >= 4 is 17.3 Å². The van der Waals surface area contributed by atoms with Crippen molar-refractivity contribution in [3.8, 4) is 0 Å². The van der Waals surface area contributed by atoms with E-state index >= 15 is 0 Å². The monoisotopic (exact) mass is 227 g/mol. The zero-order chi connectivity index (χ0) is 10.9. The van der Waals surface area contributed by atoms with Gasteiger partial charge in [-0.15, -0.1) is 11.6 Å². The average Bonchev–Trinajstić information content (AvgIpc) is 2.23. The molecule has 0 fully saturated rings. The number of hydrogen-bond donors (Lipinski definition) is 1. The molecule has 84 valence electrons. The third-order valence-electron chi connectivity index (χ3n) is 2.48. The maximum Gasteiger partial charge on any atom is 0.0754 e. The Morgan fingerprint density at radius 3 is 2.33 bits per heavy atom. The van der Waals surface area contributed by atoms with Crippen LogP contribution in [-0.2, 0) is 0 Å². The van der Waals surface area contributed by atoms with Gasteiger partial charge in [-0.3, -0.25) is 0 Å². The van der Waals surface area contributed by atoms with Crippen molar-refractivity contribution in [3.63, 3.8) is 0 Å². The predicted molar refractivity (Wildman–Crippen MR) is 64.8 cm³/mol. The quantitative estimate of drug-likeness (QED) is 0.290. The topological polar surface area (TPSA) is 32.6 Å². The fraction of sp³-hybridized carbons (Fsp3) is 0.583. The van der Waals surface area contributed by atoms with E-state index in [9.17, 15) is 0 Å². The van der Waals surface area contributed by atoms with E-state index in [1.165, 1.54) is 0 Å². The van der Waals surface area contributed by atoms with Crippen LogP contribution in [0, 0.1) is 0 Å². The van der Waals surface area contributed by atoms with E-state index in [2.05, 4.69) is 29.5 Å². The zero-order valence-electron chi connectivity index (χ0n) is 8.90. The molecule has 0 amide bonds. The van der Waals surface area contributed by atoms with Gasteiger partial charge in [0.25, 0.3) is 0 Å². The lowest BCUT2D eigenvalue weighted by atomic mass is 10.1. The minimum atomic E-state index is -0.132. The van der Waals surface area contributed by atoms with Crippen molar-refractivity contribution in [2.45, 2.75) is 43.9 Å². The van der Waals surface area contributed by atoms with Gasteiger partial charge in [-0.05, 0) is 38.5 Å². The number of rotatable bonds is 0. The Kier molecular flexibility index (Phi) is 6.17. The van der Waals surface area contributed by atoms with Crippen molar-refractivity contribution < 1.29 is 5.21 Å². The molecule has 1 unspecified atom stereocenters. The van der Waals surface area contributed by atoms with Crippen LogP contribution in [0.2, 0.25) is 0 Å². The third kappa shape index (κ3) is 5.03. The summed E-state index contributed by atoms with van der Waals surface area (Å²) in [7, 11) is 0. The normalized spacial score (nSPS) is 31.5. The summed E-state index contributed by atoms with van der Waals surface area (Å²) in [6.45, 7) is 0. The number of halogens is 1. The highest BCUT2D eigenvalue weighted by Crippen LogP contribution is 2.13. The molecule has 1 aliphatic carbocycles. The van der Waals surface area contributed by atoms with Crippen LogP contribution in [0.15, 0.2) is 29.5 Å². The van der Waals surface area contributed by atoms with Gasteiger partial charge in [0.05, 0.1) is 11.1 Å². The van der Waals surface area contributed by atoms with E-state index in [4.69, 9.17) is 16.8 Å². The summed E-state index contributed by atoms with van der Waals surface area (Å²) in [6, 6.07) is 0. The molecule has 3 heteroatoms. The van der Waals surface area contributed by atoms with Crippen molar-refractivity contribution in [2.75, 3.05) is 0 Å². The van der Waals surface area contributed by atoms with Crippen molar-refractivity contribution in [1.82, 2.24) is 0 Å². The molecule has 0 bridgehead atoms. The van der Waals surface area contributed by atoms with E-state index in [-0.39, 0.29) is 5.38 Å². The highest BCUT2D eigenvalue weighted by Gasteiger charge is 2.12. The van der Waals surface area contributed by atoms with Gasteiger partial charge in [0.1, 0.15) is 0 Å². The molecular formula is C12H18ClNO. The third-order valence-corrected chi connectivity index (χ3v) is 2.95. The second kappa shape index (κ2) is 7.52. The smallest absolute Gasteiger partial charge is 0.0754 e. The van der Waals surface area contributed by atoms with Gasteiger partial charge in [0.15, 0.2) is 0 Å². The lowest BCUT2D eigenvalue weighted by molar-refractivity contribution is 0.316. The van der Waals surface area contributed by atoms with Gasteiger partial charge in [0.2, 0.25) is 0 Å². The van der Waals surface area contributed by atoms with Gasteiger partial charge in [-0.2, -0.15) is 0 Å². The lowest BCUT2D eigenvalue weighted by Crippen LogP contribution is -2.14. The summed E-state index contributed by atoms with van der Waals surface area (Å²) in [5.74, 6) is 0. The molecule has 0 saturated carbocycles. The maximum absolute atomic E-state index is 8.83. The Labute approximate surface area is 96.3 Å². The molecule has 2 nitrogen and oxygen atoms in total. The number of alkyl halides is 1. The molecule has 0 heterocycles. The SMILES string of the molecule is O/N=C1\CC/C=C/CC/C=C/CCC1Cl. The van der Waals surface area contributed by atoms with Crippen molar-refractivity contribution in [2.24, 2.45) is 5.16 Å². The first-order valence-corrected chi connectivity index (χ1v) is 5.93. The summed E-state index contributed by atoms with van der Waals surface area (Å²) in [4.78, 5) is 0. The van der Waals surface area contributed by atoms with Gasteiger partial charge < -0.3 is 5.21 Å². The zero-order valence-corrected chi connectivity index (χ0v) is 9.66. The highest BCUT2D eigenvalue weighted by molar-refractivity contribution is 6.32. The Morgan fingerprint density at radius 1 is 1.07 bits per heavy atom. The van der Waals surface area contributed by atoms with Crippen molar-refractivity contribution in [3.05, 3.63) is 24.3 Å². The molecule has 15 heavy (non-hydrogen) atoms. The fourth-order valence-corrected chi connectivity index (χ4v) is 1.85. The molecule has 0 aromatic carbocycles. The molecule has 1 rings (SSSR count). The van der Waals surface area contributed by atoms with Crippen LogP contribution in [0.1, 0.15) is 38.5 Å².